The molecule has 8 heterocycles. The van der Waals surface area contributed by atoms with Crippen LogP contribution in [0.25, 0.3) is 0 Å². The van der Waals surface area contributed by atoms with Gasteiger partial charge in [0.2, 0.25) is 11.8 Å². The van der Waals surface area contributed by atoms with Gasteiger partial charge in [-0.15, -0.1) is 0 Å². The normalized spacial score (nSPS) is 23.1. The molecule has 0 spiro atoms. The fourth-order valence-corrected chi connectivity index (χ4v) is 13.1. The zero-order valence-corrected chi connectivity index (χ0v) is 47.7. The molecular formula is C58H64ClF7N14O5. The van der Waals surface area contributed by atoms with Gasteiger partial charge in [0.15, 0.2) is 0 Å². The number of ether oxygens (including phenoxy) is 2. The van der Waals surface area contributed by atoms with E-state index in [0.717, 1.165) is 6.07 Å². The number of carbonyl (C=O) groups excluding carboxylic acids is 2. The van der Waals surface area contributed by atoms with Crippen LogP contribution in [-0.4, -0.2) is 179 Å². The van der Waals surface area contributed by atoms with Gasteiger partial charge in [0.25, 0.3) is 0 Å². The van der Waals surface area contributed by atoms with Crippen molar-refractivity contribution in [3.63, 3.8) is 0 Å². The Morgan fingerprint density at radius 1 is 0.682 bits per heavy atom. The average molecular weight is 1210 g/mol. The highest BCUT2D eigenvalue weighted by molar-refractivity contribution is 6.31. The van der Waals surface area contributed by atoms with Crippen molar-refractivity contribution in [3.05, 3.63) is 106 Å². The maximum Gasteiger partial charge on any atom is 0.421 e. The number of β-amino-alcohol motifs (C(OH)–C–C–N with tert-alkyl or cyclic N) is 1. The second-order valence-corrected chi connectivity index (χ2v) is 22.8. The Hall–Kier alpha value is -7.52. The van der Waals surface area contributed by atoms with Crippen LogP contribution in [-0.2, 0) is 47.9 Å². The summed E-state index contributed by atoms with van der Waals surface area (Å²) >= 11 is 6.16. The van der Waals surface area contributed by atoms with Crippen LogP contribution < -0.4 is 29.1 Å². The summed E-state index contributed by atoms with van der Waals surface area (Å²) in [6.07, 6.45) is -6.91. The topological polar surface area (TPSA) is 198 Å². The van der Waals surface area contributed by atoms with Gasteiger partial charge in [-0.05, 0) is 87.7 Å². The second kappa shape index (κ2) is 24.8. The van der Waals surface area contributed by atoms with Gasteiger partial charge < -0.3 is 44.0 Å². The van der Waals surface area contributed by atoms with E-state index in [2.05, 4.69) is 25.3 Å². The van der Waals surface area contributed by atoms with Crippen LogP contribution >= 0.6 is 11.6 Å². The number of amides is 2. The molecule has 6 atom stereocenters. The number of piperazine rings is 2. The van der Waals surface area contributed by atoms with Crippen molar-refractivity contribution >= 4 is 46.4 Å². The molecule has 0 radical (unpaired) electrons. The first-order chi connectivity index (χ1) is 40.6. The minimum absolute atomic E-state index is 0.00584. The summed E-state index contributed by atoms with van der Waals surface area (Å²) in [5.41, 5.74) is -0.566. The fraction of sp³-hybridized carbons (Fsp3) is 0.517. The van der Waals surface area contributed by atoms with E-state index < -0.39 is 64.5 Å². The lowest BCUT2D eigenvalue weighted by Crippen LogP contribution is -2.55. The maximum absolute atomic E-state index is 16.4. The van der Waals surface area contributed by atoms with E-state index in [0.29, 0.717) is 78.7 Å². The van der Waals surface area contributed by atoms with Crippen molar-refractivity contribution in [2.45, 2.75) is 100 Å². The number of rotatable bonds is 15. The number of nitriles is 2. The highest BCUT2D eigenvalue weighted by atomic mass is 35.5. The van der Waals surface area contributed by atoms with Crippen LogP contribution in [0.5, 0.6) is 12.0 Å². The number of alkyl halides is 6. The summed E-state index contributed by atoms with van der Waals surface area (Å²) < 4.78 is 118. The molecule has 6 aliphatic rings. The molecule has 2 aromatic carbocycles. The Kier molecular flexibility index (Phi) is 17.7. The van der Waals surface area contributed by atoms with Gasteiger partial charge in [0.05, 0.1) is 89.6 Å². The standard InChI is InChI=1S/C58H64ClF7N14O5/c1-5-49(82)79-20-18-77(27-36(79)10-14-67)53-41-12-16-75(47-9-7-8-43(59)51(47)57(61,62)63)30-45(41)69-55(71-53)84-32-38-22-35(26-73(38)3)34-23-44(60)52(58(64,65)66)48(24-34)76-17-13-42-46(31-76)70-56(85-33-39-25-40(81)29-74(39)4)72-54(42)78-19-21-80(50(83)6-2)37(28-78)11-15-68/h5-9,23-24,35-40,81H,1-2,10-13,16-22,25-33H2,3-4H3/t35?,36?,37?,38-,39+,40-/m0/s1. The molecule has 2 aromatic heterocycles. The summed E-state index contributed by atoms with van der Waals surface area (Å²) in [5.74, 6) is -1.71. The van der Waals surface area contributed by atoms with E-state index in [1.165, 1.54) is 41.3 Å². The minimum atomic E-state index is -5.10. The second-order valence-electron chi connectivity index (χ2n) is 22.4. The van der Waals surface area contributed by atoms with E-state index in [1.54, 1.807) is 21.7 Å². The Morgan fingerprint density at radius 2 is 1.19 bits per heavy atom. The molecule has 3 unspecified atom stereocenters. The summed E-state index contributed by atoms with van der Waals surface area (Å²) in [6.45, 7) is 9.39. The molecule has 2 amide bonds. The molecule has 1 N–H and O–H groups in total. The number of likely N-dealkylation sites (N-methyl/N-ethyl adjacent to an activating group) is 2. The highest BCUT2D eigenvalue weighted by Gasteiger charge is 2.44. The lowest BCUT2D eigenvalue weighted by atomic mass is 9.93. The Bertz CT molecular complexity index is 3310. The number of aliphatic hydroxyl groups is 1. The Labute approximate surface area is 492 Å². The number of aromatic nitrogens is 4. The van der Waals surface area contributed by atoms with Gasteiger partial charge in [0, 0.05) is 88.7 Å². The smallest absolute Gasteiger partial charge is 0.421 e. The van der Waals surface area contributed by atoms with Gasteiger partial charge in [-0.1, -0.05) is 30.8 Å². The molecule has 452 valence electrons. The number of halogens is 8. The number of hydrogen-bond acceptors (Lipinski definition) is 17. The minimum Gasteiger partial charge on any atom is -0.462 e. The van der Waals surface area contributed by atoms with Crippen molar-refractivity contribution in [2.24, 2.45) is 0 Å². The summed E-state index contributed by atoms with van der Waals surface area (Å²) in [7, 11) is 3.65. The fourth-order valence-electron chi connectivity index (χ4n) is 12.8. The number of nitrogens with zero attached hydrogens (tertiary/aromatic N) is 14. The third kappa shape index (κ3) is 12.7. The number of likely N-dealkylation sites (tertiary alicyclic amines) is 2. The first-order valence-electron chi connectivity index (χ1n) is 28.1. The lowest BCUT2D eigenvalue weighted by molar-refractivity contribution is -0.139. The molecular weight excluding hydrogens is 1140 g/mol. The first-order valence-corrected chi connectivity index (χ1v) is 28.4. The molecule has 0 aliphatic carbocycles. The van der Waals surface area contributed by atoms with E-state index in [1.807, 2.05) is 26.6 Å². The van der Waals surface area contributed by atoms with Crippen LogP contribution in [0.1, 0.15) is 70.8 Å². The third-order valence-corrected chi connectivity index (χ3v) is 17.5. The van der Waals surface area contributed by atoms with Crippen molar-refractivity contribution in [1.29, 1.82) is 10.5 Å². The zero-order valence-electron chi connectivity index (χ0n) is 46.9. The predicted octanol–water partition coefficient (Wildman–Crippen LogP) is 6.77. The zero-order chi connectivity index (χ0) is 60.6. The predicted molar refractivity (Wildman–Crippen MR) is 300 cm³/mol. The van der Waals surface area contributed by atoms with Gasteiger partial charge in [-0.25, -0.2) is 4.39 Å². The summed E-state index contributed by atoms with van der Waals surface area (Å²) in [4.78, 5) is 58.8. The molecule has 85 heavy (non-hydrogen) atoms. The van der Waals surface area contributed by atoms with Crippen molar-refractivity contribution in [3.8, 4) is 24.2 Å². The quantitative estimate of drug-likeness (QED) is 0.0966. The van der Waals surface area contributed by atoms with Crippen LogP contribution in [0, 0.1) is 28.5 Å². The van der Waals surface area contributed by atoms with Crippen LogP contribution in [0.4, 0.5) is 53.7 Å². The maximum atomic E-state index is 16.4. The molecule has 10 rings (SSSR count). The van der Waals surface area contributed by atoms with Gasteiger partial charge in [0.1, 0.15) is 36.2 Å². The number of carbonyl (C=O) groups is 2. The number of benzene rings is 2. The van der Waals surface area contributed by atoms with E-state index in [9.17, 15) is 38.4 Å². The average Bonchev–Trinajstić information content (AvgIpc) is 4.21. The lowest BCUT2D eigenvalue weighted by Gasteiger charge is -2.42. The van der Waals surface area contributed by atoms with Crippen LogP contribution in [0.2, 0.25) is 5.02 Å². The molecule has 6 aliphatic heterocycles. The van der Waals surface area contributed by atoms with E-state index >= 15 is 17.6 Å². The van der Waals surface area contributed by atoms with Crippen molar-refractivity contribution in [1.82, 2.24) is 39.5 Å². The van der Waals surface area contributed by atoms with Crippen molar-refractivity contribution < 1.29 is 54.9 Å². The third-order valence-electron chi connectivity index (χ3n) is 17.1. The Balaban J connectivity index is 0.921. The molecule has 4 fully saturated rings. The van der Waals surface area contributed by atoms with Crippen LogP contribution in [0.15, 0.2) is 55.6 Å². The Morgan fingerprint density at radius 3 is 1.67 bits per heavy atom. The molecule has 19 nitrogen and oxygen atoms in total. The molecule has 27 heteroatoms. The van der Waals surface area contributed by atoms with E-state index in [4.69, 9.17) is 41.0 Å². The molecule has 0 saturated carbocycles. The van der Waals surface area contributed by atoms with Gasteiger partial charge >= 0.3 is 24.4 Å². The number of hydrogen-bond donors (Lipinski definition) is 1. The molecule has 4 saturated heterocycles. The molecule has 4 aromatic rings. The number of anilines is 4. The first kappa shape index (κ1) is 60.6. The van der Waals surface area contributed by atoms with Gasteiger partial charge in [-0.3, -0.25) is 19.4 Å². The van der Waals surface area contributed by atoms with Crippen molar-refractivity contribution in [2.75, 3.05) is 112 Å². The summed E-state index contributed by atoms with van der Waals surface area (Å²) in [5, 5.41) is 29.3. The highest BCUT2D eigenvalue weighted by Crippen LogP contribution is 2.46. The number of fused-ring (bicyclic) bond motifs is 2. The van der Waals surface area contributed by atoms with Gasteiger partial charge in [-0.2, -0.15) is 56.8 Å². The van der Waals surface area contributed by atoms with E-state index in [-0.39, 0.29) is 133 Å². The largest absolute Gasteiger partial charge is 0.462 e. The van der Waals surface area contributed by atoms with Crippen LogP contribution in [0.3, 0.4) is 0 Å². The summed E-state index contributed by atoms with van der Waals surface area (Å²) in [6, 6.07) is 8.80. The molecule has 0 bridgehead atoms. The monoisotopic (exact) mass is 1200 g/mol. The SMILES string of the molecule is C=CC(=O)N1CCN(c2nc(OC[C@H]3C[C@H](O)CN3C)nc3c2CCN(c2cc(C4C[C@@H](COc5nc6c(c(N7CCN(C(=O)C=C)C(CC#N)C7)n5)CCN(c5cccc(Cl)c5C(F)(F)F)C6)N(C)C4)cc(F)c2C(F)(F)F)C3)CC1CC#N. The number of aliphatic hydroxyl groups excluding tert-OH is 1.